The Morgan fingerprint density at radius 1 is 1.29 bits per heavy atom. The molecule has 1 aromatic heterocycles. The van der Waals surface area contributed by atoms with E-state index in [1.807, 2.05) is 22.4 Å². The fourth-order valence-electron chi connectivity index (χ4n) is 3.48. The van der Waals surface area contributed by atoms with Crippen LogP contribution in [-0.4, -0.2) is 47.8 Å². The van der Waals surface area contributed by atoms with Crippen molar-refractivity contribution in [2.24, 2.45) is 4.99 Å². The van der Waals surface area contributed by atoms with E-state index in [0.29, 0.717) is 27.3 Å². The van der Waals surface area contributed by atoms with Gasteiger partial charge in [-0.1, -0.05) is 29.4 Å². The molecule has 6 nitrogen and oxygen atoms in total. The molecule has 0 unspecified atom stereocenters. The Morgan fingerprint density at radius 2 is 2.10 bits per heavy atom. The molecule has 2 aliphatic heterocycles. The minimum atomic E-state index is -0.248. The van der Waals surface area contributed by atoms with Crippen LogP contribution in [0.1, 0.15) is 24.1 Å². The maximum absolute atomic E-state index is 13.2. The SMILES string of the molecule is COc1ccc(N2C(=O)C(=Cc3cccs3)N=C2SCC(=O)N2CCCCC2)cc1Cl. The van der Waals surface area contributed by atoms with Crippen molar-refractivity contribution in [2.75, 3.05) is 30.9 Å². The number of nitrogens with zero attached hydrogens (tertiary/aromatic N) is 3. The highest BCUT2D eigenvalue weighted by Gasteiger charge is 2.33. The Kier molecular flexibility index (Phi) is 6.99. The zero-order valence-electron chi connectivity index (χ0n) is 17.0. The maximum atomic E-state index is 13.2. The number of methoxy groups -OCH3 is 1. The number of amidine groups is 1. The highest BCUT2D eigenvalue weighted by Crippen LogP contribution is 2.34. The summed E-state index contributed by atoms with van der Waals surface area (Å²) in [5, 5.41) is 2.82. The van der Waals surface area contributed by atoms with Crippen molar-refractivity contribution >= 4 is 63.4 Å². The second-order valence-electron chi connectivity index (χ2n) is 7.13. The van der Waals surface area contributed by atoms with Crippen molar-refractivity contribution in [1.82, 2.24) is 4.90 Å². The summed E-state index contributed by atoms with van der Waals surface area (Å²) in [6, 6.07) is 9.01. The Bertz CT molecular complexity index is 1030. The molecule has 0 bridgehead atoms. The number of carbonyl (C=O) groups excluding carboxylic acids is 2. The van der Waals surface area contributed by atoms with E-state index in [0.717, 1.165) is 30.8 Å². The summed E-state index contributed by atoms with van der Waals surface area (Å²) in [4.78, 5) is 34.8. The van der Waals surface area contributed by atoms with Gasteiger partial charge in [-0.25, -0.2) is 4.99 Å². The van der Waals surface area contributed by atoms with Gasteiger partial charge in [0, 0.05) is 18.0 Å². The van der Waals surface area contributed by atoms with Crippen molar-refractivity contribution in [3.63, 3.8) is 0 Å². The van der Waals surface area contributed by atoms with E-state index >= 15 is 0 Å². The number of hydrogen-bond acceptors (Lipinski definition) is 6. The van der Waals surface area contributed by atoms with Crippen molar-refractivity contribution in [2.45, 2.75) is 19.3 Å². The number of amides is 2. The van der Waals surface area contributed by atoms with Crippen molar-refractivity contribution in [3.8, 4) is 5.75 Å². The molecule has 0 N–H and O–H groups in total. The van der Waals surface area contributed by atoms with Crippen molar-refractivity contribution < 1.29 is 14.3 Å². The van der Waals surface area contributed by atoms with Gasteiger partial charge in [-0.2, -0.15) is 0 Å². The lowest BCUT2D eigenvalue weighted by Crippen LogP contribution is -2.38. The number of hydrogen-bond donors (Lipinski definition) is 0. The van der Waals surface area contributed by atoms with Gasteiger partial charge >= 0.3 is 0 Å². The van der Waals surface area contributed by atoms with Gasteiger partial charge in [-0.15, -0.1) is 11.3 Å². The number of ether oxygens (including phenoxy) is 1. The second-order valence-corrected chi connectivity index (χ2v) is 9.46. The van der Waals surface area contributed by atoms with Gasteiger partial charge in [-0.3, -0.25) is 14.5 Å². The zero-order chi connectivity index (χ0) is 21.8. The monoisotopic (exact) mass is 475 g/mol. The molecule has 0 saturated carbocycles. The van der Waals surface area contributed by atoms with Crippen LogP contribution in [0.3, 0.4) is 0 Å². The van der Waals surface area contributed by atoms with Crippen LogP contribution < -0.4 is 9.64 Å². The van der Waals surface area contributed by atoms with Gasteiger partial charge in [-0.05, 0) is 55.0 Å². The standard InChI is InChI=1S/C22H22ClN3O3S2/c1-29-19-8-7-15(12-17(19)23)26-21(28)18(13-16-6-5-11-30-16)24-22(26)31-14-20(27)25-9-3-2-4-10-25/h5-8,11-13H,2-4,9-10,14H2,1H3. The first kappa shape index (κ1) is 21.9. The highest BCUT2D eigenvalue weighted by atomic mass is 35.5. The van der Waals surface area contributed by atoms with Crippen LogP contribution in [0.4, 0.5) is 5.69 Å². The third-order valence-corrected chi connectivity index (χ3v) is 7.12. The number of likely N-dealkylation sites (tertiary alicyclic amines) is 1. The molecular weight excluding hydrogens is 454 g/mol. The van der Waals surface area contributed by atoms with Crippen LogP contribution in [0.15, 0.2) is 46.4 Å². The number of carbonyl (C=O) groups is 2. The first-order chi connectivity index (χ1) is 15.1. The predicted octanol–water partition coefficient (Wildman–Crippen LogP) is 4.90. The minimum Gasteiger partial charge on any atom is -0.495 e. The number of aliphatic imine (C=N–C) groups is 1. The van der Waals surface area contributed by atoms with E-state index in [4.69, 9.17) is 16.3 Å². The lowest BCUT2D eigenvalue weighted by Gasteiger charge is -2.27. The molecule has 1 aromatic carbocycles. The van der Waals surface area contributed by atoms with E-state index in [-0.39, 0.29) is 17.6 Å². The van der Waals surface area contributed by atoms with Crippen LogP contribution in [0.2, 0.25) is 5.02 Å². The fourth-order valence-corrected chi connectivity index (χ4v) is 5.30. The van der Waals surface area contributed by atoms with Crippen molar-refractivity contribution in [3.05, 3.63) is 51.3 Å². The molecule has 9 heteroatoms. The Balaban J connectivity index is 1.59. The van der Waals surface area contributed by atoms with Crippen LogP contribution in [-0.2, 0) is 9.59 Å². The molecular formula is C22H22ClN3O3S2. The fraction of sp³-hybridized carbons (Fsp3) is 0.318. The van der Waals surface area contributed by atoms with Crippen LogP contribution in [0.5, 0.6) is 5.75 Å². The summed E-state index contributed by atoms with van der Waals surface area (Å²) < 4.78 is 5.22. The molecule has 1 fully saturated rings. The normalized spacial score (nSPS) is 17.9. The smallest absolute Gasteiger partial charge is 0.283 e. The van der Waals surface area contributed by atoms with Crippen LogP contribution >= 0.6 is 34.7 Å². The quantitative estimate of drug-likeness (QED) is 0.577. The third-order valence-electron chi connectivity index (χ3n) is 5.08. The molecule has 0 spiro atoms. The molecule has 0 radical (unpaired) electrons. The lowest BCUT2D eigenvalue weighted by molar-refractivity contribution is -0.129. The third kappa shape index (κ3) is 4.97. The van der Waals surface area contributed by atoms with E-state index in [1.54, 1.807) is 31.4 Å². The number of halogens is 1. The number of benzene rings is 1. The summed E-state index contributed by atoms with van der Waals surface area (Å²) in [5.74, 6) is 0.585. The number of thioether (sulfide) groups is 1. The average molecular weight is 476 g/mol. The van der Waals surface area contributed by atoms with Crippen LogP contribution in [0.25, 0.3) is 6.08 Å². The second kappa shape index (κ2) is 9.89. The lowest BCUT2D eigenvalue weighted by atomic mass is 10.1. The summed E-state index contributed by atoms with van der Waals surface area (Å²) in [6.07, 6.45) is 5.02. The maximum Gasteiger partial charge on any atom is 0.283 e. The number of thiophene rings is 1. The molecule has 2 amide bonds. The number of rotatable bonds is 5. The average Bonchev–Trinajstić information content (AvgIpc) is 3.41. The molecule has 4 rings (SSSR count). The van der Waals surface area contributed by atoms with E-state index in [9.17, 15) is 9.59 Å². The first-order valence-electron chi connectivity index (χ1n) is 9.99. The minimum absolute atomic E-state index is 0.0725. The number of piperidine rings is 1. The zero-order valence-corrected chi connectivity index (χ0v) is 19.4. The molecule has 1 saturated heterocycles. The predicted molar refractivity (Wildman–Crippen MR) is 128 cm³/mol. The topological polar surface area (TPSA) is 62.2 Å². The molecule has 3 heterocycles. The Morgan fingerprint density at radius 3 is 2.77 bits per heavy atom. The van der Waals surface area contributed by atoms with Crippen molar-refractivity contribution in [1.29, 1.82) is 0 Å². The summed E-state index contributed by atoms with van der Waals surface area (Å²) >= 11 is 9.11. The largest absolute Gasteiger partial charge is 0.495 e. The molecule has 31 heavy (non-hydrogen) atoms. The summed E-state index contributed by atoms with van der Waals surface area (Å²) in [7, 11) is 1.54. The molecule has 162 valence electrons. The van der Waals surface area contributed by atoms with Gasteiger partial charge in [0.25, 0.3) is 5.91 Å². The molecule has 2 aromatic rings. The van der Waals surface area contributed by atoms with E-state index in [2.05, 4.69) is 4.99 Å². The Hall–Kier alpha value is -2.29. The summed E-state index contributed by atoms with van der Waals surface area (Å²) in [5.41, 5.74) is 0.921. The number of anilines is 1. The summed E-state index contributed by atoms with van der Waals surface area (Å²) in [6.45, 7) is 1.60. The first-order valence-corrected chi connectivity index (χ1v) is 12.2. The van der Waals surface area contributed by atoms with Gasteiger partial charge in [0.2, 0.25) is 5.91 Å². The van der Waals surface area contributed by atoms with E-state index in [1.165, 1.54) is 34.4 Å². The van der Waals surface area contributed by atoms with Gasteiger partial charge in [0.15, 0.2) is 5.17 Å². The molecule has 0 aliphatic carbocycles. The molecule has 0 atom stereocenters. The van der Waals surface area contributed by atoms with Gasteiger partial charge in [0.1, 0.15) is 11.4 Å². The molecule has 2 aliphatic rings. The highest BCUT2D eigenvalue weighted by molar-refractivity contribution is 8.14. The van der Waals surface area contributed by atoms with Gasteiger partial charge < -0.3 is 9.64 Å². The Labute approximate surface area is 194 Å². The van der Waals surface area contributed by atoms with Crippen LogP contribution in [0, 0.1) is 0 Å². The van der Waals surface area contributed by atoms with Gasteiger partial charge in [0.05, 0.1) is 23.6 Å². The van der Waals surface area contributed by atoms with E-state index < -0.39 is 0 Å².